The van der Waals surface area contributed by atoms with Gasteiger partial charge in [0.25, 0.3) is 0 Å². The molecule has 0 spiro atoms. The number of hydrogen-bond donors (Lipinski definition) is 0. The van der Waals surface area contributed by atoms with Gasteiger partial charge in [0.05, 0.1) is 11.1 Å². The monoisotopic (exact) mass is 602 g/mol. The molecule has 0 N–H and O–H groups in total. The summed E-state index contributed by atoms with van der Waals surface area (Å²) in [6.45, 7) is 0. The molecular formula is C13H3F9O11S3. The SMILES string of the molecule is O=C1C=CC(=O)c2c(OS(=O)(=O)C(F)(F)F)c(OS(=O)(=O)C(F)(F)F)cc(OS(=O)(=O)C(F)(F)F)c21. The van der Waals surface area contributed by atoms with Gasteiger partial charge in [-0.15, -0.1) is 0 Å². The lowest BCUT2D eigenvalue weighted by Gasteiger charge is -2.21. The third-order valence-corrected chi connectivity index (χ3v) is 6.42. The van der Waals surface area contributed by atoms with E-state index in [1.54, 1.807) is 0 Å². The van der Waals surface area contributed by atoms with Gasteiger partial charge in [-0.25, -0.2) is 0 Å². The Hall–Kier alpha value is -3.08. The molecule has 0 fully saturated rings. The van der Waals surface area contributed by atoms with Crippen LogP contribution in [0, 0.1) is 0 Å². The maximum atomic E-state index is 12.8. The fourth-order valence-electron chi connectivity index (χ4n) is 2.11. The third-order valence-electron chi connectivity index (χ3n) is 3.53. The molecule has 0 amide bonds. The van der Waals surface area contributed by atoms with Crippen molar-refractivity contribution in [2.24, 2.45) is 0 Å². The predicted octanol–water partition coefficient (Wildman–Crippen LogP) is 2.31. The zero-order chi connectivity index (χ0) is 28.3. The Labute approximate surface area is 192 Å². The van der Waals surface area contributed by atoms with Crippen molar-refractivity contribution in [3.05, 3.63) is 29.3 Å². The Kier molecular flexibility index (Phi) is 6.88. The van der Waals surface area contributed by atoms with Crippen molar-refractivity contribution in [1.29, 1.82) is 0 Å². The molecule has 1 aromatic rings. The number of carbonyl (C=O) groups is 2. The minimum absolute atomic E-state index is 0.0851. The largest absolute Gasteiger partial charge is 0.534 e. The molecule has 0 radical (unpaired) electrons. The highest BCUT2D eigenvalue weighted by atomic mass is 32.2. The van der Waals surface area contributed by atoms with Crippen LogP contribution in [0.1, 0.15) is 20.7 Å². The van der Waals surface area contributed by atoms with Crippen molar-refractivity contribution < 1.29 is 86.9 Å². The molecule has 1 aliphatic rings. The van der Waals surface area contributed by atoms with Crippen LogP contribution < -0.4 is 12.5 Å². The van der Waals surface area contributed by atoms with Crippen LogP contribution in [0.3, 0.4) is 0 Å². The molecule has 0 aromatic heterocycles. The number of benzene rings is 1. The first-order chi connectivity index (χ1) is 15.8. The second-order valence-corrected chi connectivity index (χ2v) is 10.6. The van der Waals surface area contributed by atoms with Crippen molar-refractivity contribution in [3.8, 4) is 17.2 Å². The van der Waals surface area contributed by atoms with E-state index in [-0.39, 0.29) is 12.2 Å². The van der Waals surface area contributed by atoms with Gasteiger partial charge in [-0.1, -0.05) is 0 Å². The van der Waals surface area contributed by atoms with E-state index in [1.807, 2.05) is 0 Å². The summed E-state index contributed by atoms with van der Waals surface area (Å²) >= 11 is 0. The van der Waals surface area contributed by atoms with E-state index < -0.39 is 92.9 Å². The Balaban J connectivity index is 3.03. The van der Waals surface area contributed by atoms with Crippen molar-refractivity contribution in [2.45, 2.75) is 16.5 Å². The van der Waals surface area contributed by atoms with Crippen molar-refractivity contribution in [2.75, 3.05) is 0 Å². The summed E-state index contributed by atoms with van der Waals surface area (Å²) in [7, 11) is -20.8. The highest BCUT2D eigenvalue weighted by Crippen LogP contribution is 2.46. The van der Waals surface area contributed by atoms with Crippen molar-refractivity contribution in [3.63, 3.8) is 0 Å². The molecular weight excluding hydrogens is 599 g/mol. The fourth-order valence-corrected chi connectivity index (χ4v) is 3.51. The maximum absolute atomic E-state index is 12.8. The summed E-state index contributed by atoms with van der Waals surface area (Å²) in [6.07, 6.45) is 0.245. The summed E-state index contributed by atoms with van der Waals surface area (Å²) < 4.78 is 193. The Bertz CT molecular complexity index is 1480. The number of hydrogen-bond acceptors (Lipinski definition) is 11. The minimum atomic E-state index is -7.01. The van der Waals surface area contributed by atoms with Gasteiger partial charge in [-0.3, -0.25) is 9.59 Å². The van der Waals surface area contributed by atoms with Crippen LogP contribution in [0.4, 0.5) is 39.5 Å². The molecule has 0 heterocycles. The van der Waals surface area contributed by atoms with Crippen LogP contribution in [0.2, 0.25) is 0 Å². The van der Waals surface area contributed by atoms with Gasteiger partial charge in [0.1, 0.15) is 0 Å². The van der Waals surface area contributed by atoms with Gasteiger partial charge in [0.2, 0.25) is 0 Å². The summed E-state index contributed by atoms with van der Waals surface area (Å²) in [5.74, 6) is -10.6. The van der Waals surface area contributed by atoms with Crippen LogP contribution in [0.25, 0.3) is 0 Å². The fraction of sp³-hybridized carbons (Fsp3) is 0.231. The van der Waals surface area contributed by atoms with Gasteiger partial charge in [-0.2, -0.15) is 64.8 Å². The molecule has 0 unspecified atom stereocenters. The lowest BCUT2D eigenvalue weighted by Crippen LogP contribution is -2.32. The number of halogens is 9. The molecule has 2 rings (SSSR count). The summed E-state index contributed by atoms with van der Waals surface area (Å²) in [6, 6.07) is -0.656. The van der Waals surface area contributed by atoms with Crippen LogP contribution in [-0.2, 0) is 30.4 Å². The van der Waals surface area contributed by atoms with Crippen LogP contribution in [0.5, 0.6) is 17.2 Å². The van der Waals surface area contributed by atoms with Crippen LogP contribution in [0.15, 0.2) is 18.2 Å². The molecule has 1 aromatic carbocycles. The zero-order valence-corrected chi connectivity index (χ0v) is 18.3. The molecule has 202 valence electrons. The molecule has 36 heavy (non-hydrogen) atoms. The first-order valence-electron chi connectivity index (χ1n) is 7.82. The van der Waals surface area contributed by atoms with E-state index in [9.17, 15) is 74.4 Å². The zero-order valence-electron chi connectivity index (χ0n) is 15.8. The number of allylic oxidation sites excluding steroid dienone is 2. The maximum Gasteiger partial charge on any atom is 0.534 e. The number of fused-ring (bicyclic) bond motifs is 1. The van der Waals surface area contributed by atoms with Crippen molar-refractivity contribution in [1.82, 2.24) is 0 Å². The number of rotatable bonds is 6. The second kappa shape index (κ2) is 8.50. The van der Waals surface area contributed by atoms with E-state index >= 15 is 0 Å². The van der Waals surface area contributed by atoms with Gasteiger partial charge >= 0.3 is 46.9 Å². The average molecular weight is 602 g/mol. The van der Waals surface area contributed by atoms with E-state index in [1.165, 1.54) is 0 Å². The Morgan fingerprint density at radius 3 is 1.25 bits per heavy atom. The van der Waals surface area contributed by atoms with Gasteiger partial charge in [-0.05, 0) is 12.2 Å². The molecule has 23 heteroatoms. The summed E-state index contributed by atoms with van der Waals surface area (Å²) in [5, 5.41) is 0. The van der Waals surface area contributed by atoms with Gasteiger partial charge in [0, 0.05) is 6.07 Å². The van der Waals surface area contributed by atoms with Crippen LogP contribution in [-0.4, -0.2) is 53.3 Å². The molecule has 0 atom stereocenters. The van der Waals surface area contributed by atoms with Crippen molar-refractivity contribution >= 4 is 41.9 Å². The molecule has 0 aliphatic heterocycles. The van der Waals surface area contributed by atoms with Gasteiger partial charge < -0.3 is 12.5 Å². The number of carbonyl (C=O) groups excluding carboxylic acids is 2. The molecule has 0 saturated carbocycles. The standard InChI is InChI=1S/C13H3F9O11S3/c14-11(15,16)34(25,26)31-6-3-7(32-35(27,28)12(17,18)19)10(33-36(29,30)13(20,21)22)9-5(24)2-1-4(23)8(6)9/h1-3H. The smallest absolute Gasteiger partial charge is 0.375 e. The Morgan fingerprint density at radius 1 is 0.528 bits per heavy atom. The highest BCUT2D eigenvalue weighted by molar-refractivity contribution is 7.88. The molecule has 0 saturated heterocycles. The molecule has 1 aliphatic carbocycles. The second-order valence-electron chi connectivity index (χ2n) is 5.96. The number of alkyl halides is 9. The summed E-state index contributed by atoms with van der Waals surface area (Å²) in [5.41, 5.74) is -22.9. The van der Waals surface area contributed by atoms with E-state index in [4.69, 9.17) is 0 Å². The first kappa shape index (κ1) is 29.2. The lowest BCUT2D eigenvalue weighted by molar-refractivity contribution is -0.0513. The lowest BCUT2D eigenvalue weighted by atomic mass is 9.92. The topological polar surface area (TPSA) is 164 Å². The van der Waals surface area contributed by atoms with Gasteiger partial charge in [0.15, 0.2) is 28.8 Å². The predicted molar refractivity (Wildman–Crippen MR) is 91.1 cm³/mol. The van der Waals surface area contributed by atoms with E-state index in [0.717, 1.165) is 0 Å². The normalized spacial score (nSPS) is 15.5. The highest BCUT2D eigenvalue weighted by Gasteiger charge is 2.53. The Morgan fingerprint density at radius 2 is 0.861 bits per heavy atom. The quantitative estimate of drug-likeness (QED) is 0.267. The minimum Gasteiger partial charge on any atom is -0.375 e. The average Bonchev–Trinajstić information content (AvgIpc) is 2.63. The van der Waals surface area contributed by atoms with Crippen LogP contribution >= 0.6 is 0 Å². The van der Waals surface area contributed by atoms with E-state index in [2.05, 4.69) is 12.5 Å². The summed E-state index contributed by atoms with van der Waals surface area (Å²) in [4.78, 5) is 24.3. The molecule has 11 nitrogen and oxygen atoms in total. The van der Waals surface area contributed by atoms with E-state index in [0.29, 0.717) is 0 Å². The number of ketones is 2. The first-order valence-corrected chi connectivity index (χ1v) is 12.0. The molecule has 0 bridgehead atoms. The third kappa shape index (κ3) is 5.35.